The monoisotopic (exact) mass is 476 g/mol. The second-order valence-corrected chi connectivity index (χ2v) is 8.30. The number of carbonyl (C=O) groups is 1. The first-order valence-electron chi connectivity index (χ1n) is 11.3. The van der Waals surface area contributed by atoms with Crippen molar-refractivity contribution in [3.05, 3.63) is 59.9 Å². The number of rotatable bonds is 7. The second kappa shape index (κ2) is 9.67. The molecule has 3 heterocycles. The molecular weight excluding hydrogens is 451 g/mol. The summed E-state index contributed by atoms with van der Waals surface area (Å²) in [7, 11) is 2.88. The average molecular weight is 477 g/mol. The largest absolute Gasteiger partial charge is 0.497 e. The topological polar surface area (TPSA) is 105 Å². The van der Waals surface area contributed by atoms with Gasteiger partial charge in [-0.15, -0.1) is 0 Å². The first-order chi connectivity index (χ1) is 17.1. The zero-order valence-electron chi connectivity index (χ0n) is 19.5. The van der Waals surface area contributed by atoms with Crippen LogP contribution >= 0.6 is 0 Å². The van der Waals surface area contributed by atoms with Crippen molar-refractivity contribution in [2.75, 3.05) is 32.6 Å². The number of likely N-dealkylation sites (tertiary alicyclic amines) is 1. The third kappa shape index (κ3) is 4.52. The van der Waals surface area contributed by atoms with Crippen LogP contribution in [0.1, 0.15) is 28.9 Å². The molecule has 0 unspecified atom stereocenters. The van der Waals surface area contributed by atoms with Gasteiger partial charge in [0.2, 0.25) is 5.95 Å². The lowest BCUT2D eigenvalue weighted by Gasteiger charge is -2.13. The zero-order chi connectivity index (χ0) is 24.4. The van der Waals surface area contributed by atoms with Crippen molar-refractivity contribution in [3.8, 4) is 22.6 Å². The lowest BCUT2D eigenvalue weighted by Crippen LogP contribution is -2.18. The van der Waals surface area contributed by atoms with Crippen molar-refractivity contribution in [1.29, 1.82) is 0 Å². The van der Waals surface area contributed by atoms with E-state index in [4.69, 9.17) is 9.47 Å². The molecule has 35 heavy (non-hydrogen) atoms. The van der Waals surface area contributed by atoms with Gasteiger partial charge in [-0.25, -0.2) is 9.37 Å². The standard InChI is InChI=1S/C25H25FN6O3/c1-34-16-11-19(21(26)20(12-16)35-2)17-5-6-18(23-22(17)27-7-8-28-23)24(33)31-25-29-13-15(30-25)14-32-9-3-4-10-32/h5-8,11-13H,3-4,9-10,14H2,1-2H3,(H2,29,30,31,33). The number of imidazole rings is 1. The maximum atomic E-state index is 15.2. The van der Waals surface area contributed by atoms with Crippen LogP contribution in [-0.4, -0.2) is 58.1 Å². The number of hydrogen-bond donors (Lipinski definition) is 2. The summed E-state index contributed by atoms with van der Waals surface area (Å²) in [5, 5.41) is 2.80. The van der Waals surface area contributed by atoms with Crippen LogP contribution < -0.4 is 14.8 Å². The molecular formula is C25H25FN6O3. The van der Waals surface area contributed by atoms with E-state index < -0.39 is 11.7 Å². The van der Waals surface area contributed by atoms with Gasteiger partial charge < -0.3 is 14.5 Å². The molecule has 0 radical (unpaired) electrons. The van der Waals surface area contributed by atoms with Crippen LogP contribution in [0.25, 0.3) is 22.2 Å². The van der Waals surface area contributed by atoms with Crippen LogP contribution in [0.3, 0.4) is 0 Å². The van der Waals surface area contributed by atoms with Gasteiger partial charge in [-0.05, 0) is 38.1 Å². The summed E-state index contributed by atoms with van der Waals surface area (Å²) < 4.78 is 25.6. The molecule has 2 aromatic carbocycles. The van der Waals surface area contributed by atoms with Crippen molar-refractivity contribution in [2.45, 2.75) is 19.4 Å². The molecule has 4 aromatic rings. The molecule has 0 atom stereocenters. The van der Waals surface area contributed by atoms with Crippen LogP contribution in [0.2, 0.25) is 0 Å². The minimum absolute atomic E-state index is 0.0424. The molecule has 0 aliphatic carbocycles. The van der Waals surface area contributed by atoms with Gasteiger partial charge in [-0.3, -0.25) is 25.0 Å². The summed E-state index contributed by atoms with van der Waals surface area (Å²) in [6.45, 7) is 2.90. The lowest BCUT2D eigenvalue weighted by atomic mass is 9.99. The molecule has 1 saturated heterocycles. The summed E-state index contributed by atoms with van der Waals surface area (Å²) in [4.78, 5) is 31.7. The molecule has 1 amide bonds. The highest BCUT2D eigenvalue weighted by Crippen LogP contribution is 2.37. The first-order valence-corrected chi connectivity index (χ1v) is 11.3. The number of halogens is 1. The van der Waals surface area contributed by atoms with E-state index in [1.165, 1.54) is 45.5 Å². The number of aromatic nitrogens is 4. The molecule has 0 spiro atoms. The Labute approximate surface area is 201 Å². The van der Waals surface area contributed by atoms with E-state index in [1.807, 2.05) is 0 Å². The van der Waals surface area contributed by atoms with E-state index in [9.17, 15) is 4.79 Å². The van der Waals surface area contributed by atoms with Crippen LogP contribution in [0.15, 0.2) is 42.9 Å². The minimum Gasteiger partial charge on any atom is -0.497 e. The average Bonchev–Trinajstić information content (AvgIpc) is 3.56. The molecule has 0 bridgehead atoms. The Morgan fingerprint density at radius 1 is 1.06 bits per heavy atom. The third-order valence-corrected chi connectivity index (χ3v) is 6.08. The number of benzene rings is 2. The Morgan fingerprint density at radius 2 is 1.83 bits per heavy atom. The maximum absolute atomic E-state index is 15.2. The highest BCUT2D eigenvalue weighted by Gasteiger charge is 2.21. The van der Waals surface area contributed by atoms with E-state index in [0.29, 0.717) is 33.9 Å². The van der Waals surface area contributed by atoms with Crippen molar-refractivity contribution >= 4 is 22.9 Å². The molecule has 1 fully saturated rings. The van der Waals surface area contributed by atoms with E-state index in [-0.39, 0.29) is 11.3 Å². The Hall–Kier alpha value is -4.05. The predicted molar refractivity (Wildman–Crippen MR) is 129 cm³/mol. The number of H-pyrrole nitrogens is 1. The number of methoxy groups -OCH3 is 2. The highest BCUT2D eigenvalue weighted by atomic mass is 19.1. The van der Waals surface area contributed by atoms with Crippen LogP contribution in [0, 0.1) is 5.82 Å². The number of ether oxygens (including phenoxy) is 2. The Morgan fingerprint density at radius 3 is 2.57 bits per heavy atom. The summed E-state index contributed by atoms with van der Waals surface area (Å²) >= 11 is 0. The van der Waals surface area contributed by atoms with E-state index in [2.05, 4.69) is 30.2 Å². The molecule has 2 aromatic heterocycles. The summed E-state index contributed by atoms with van der Waals surface area (Å²) in [5.74, 6) is -0.124. The van der Waals surface area contributed by atoms with Gasteiger partial charge in [0.05, 0.1) is 37.2 Å². The molecule has 2 N–H and O–H groups in total. The first kappa shape index (κ1) is 22.7. The molecule has 9 nitrogen and oxygen atoms in total. The number of amides is 1. The summed E-state index contributed by atoms with van der Waals surface area (Å²) in [6.07, 6.45) is 7.13. The fraction of sp³-hybridized carbons (Fsp3) is 0.280. The number of aromatic amines is 1. The highest BCUT2D eigenvalue weighted by molar-refractivity contribution is 6.13. The smallest absolute Gasteiger partial charge is 0.260 e. The van der Waals surface area contributed by atoms with Crippen molar-refractivity contribution in [1.82, 2.24) is 24.8 Å². The van der Waals surface area contributed by atoms with Crippen molar-refractivity contribution < 1.29 is 18.7 Å². The van der Waals surface area contributed by atoms with Gasteiger partial charge in [-0.1, -0.05) is 6.07 Å². The molecule has 5 rings (SSSR count). The van der Waals surface area contributed by atoms with Crippen molar-refractivity contribution in [2.24, 2.45) is 0 Å². The minimum atomic E-state index is -0.557. The normalized spacial score (nSPS) is 13.8. The van der Waals surface area contributed by atoms with E-state index in [1.54, 1.807) is 24.4 Å². The number of carbonyl (C=O) groups excluding carboxylic acids is 1. The van der Waals surface area contributed by atoms with Crippen LogP contribution in [-0.2, 0) is 6.54 Å². The second-order valence-electron chi connectivity index (χ2n) is 8.30. The zero-order valence-corrected chi connectivity index (χ0v) is 19.5. The number of fused-ring (bicyclic) bond motifs is 1. The van der Waals surface area contributed by atoms with Gasteiger partial charge in [-0.2, -0.15) is 0 Å². The molecule has 1 aliphatic heterocycles. The number of nitrogens with zero attached hydrogens (tertiary/aromatic N) is 4. The molecule has 0 saturated carbocycles. The van der Waals surface area contributed by atoms with Crippen LogP contribution in [0.4, 0.5) is 10.3 Å². The Balaban J connectivity index is 1.47. The van der Waals surface area contributed by atoms with Gasteiger partial charge in [0.15, 0.2) is 11.6 Å². The SMILES string of the molecule is COc1cc(OC)c(F)c(-c2ccc(C(=O)Nc3ncc(CN4CCCC4)[nH]3)c3nccnc23)c1. The lowest BCUT2D eigenvalue weighted by molar-refractivity contribution is 0.102. The molecule has 10 heteroatoms. The number of hydrogen-bond acceptors (Lipinski definition) is 7. The Kier molecular flexibility index (Phi) is 6.28. The summed E-state index contributed by atoms with van der Waals surface area (Å²) in [5.41, 5.74) is 2.65. The maximum Gasteiger partial charge on any atom is 0.260 e. The van der Waals surface area contributed by atoms with Crippen LogP contribution in [0.5, 0.6) is 11.5 Å². The molecule has 1 aliphatic rings. The fourth-order valence-corrected chi connectivity index (χ4v) is 4.35. The number of anilines is 1. The quantitative estimate of drug-likeness (QED) is 0.415. The van der Waals surface area contributed by atoms with Gasteiger partial charge in [0.25, 0.3) is 5.91 Å². The van der Waals surface area contributed by atoms with E-state index in [0.717, 1.165) is 25.3 Å². The van der Waals surface area contributed by atoms with Gasteiger partial charge in [0, 0.05) is 36.1 Å². The fourth-order valence-electron chi connectivity index (χ4n) is 4.35. The number of nitrogens with one attached hydrogen (secondary N) is 2. The summed E-state index contributed by atoms with van der Waals surface area (Å²) in [6, 6.07) is 6.27. The van der Waals surface area contributed by atoms with E-state index >= 15 is 4.39 Å². The Bertz CT molecular complexity index is 1380. The predicted octanol–water partition coefficient (Wildman–Crippen LogP) is 4.02. The van der Waals surface area contributed by atoms with Gasteiger partial charge in [0.1, 0.15) is 11.3 Å². The molecule has 180 valence electrons. The van der Waals surface area contributed by atoms with Crippen molar-refractivity contribution in [3.63, 3.8) is 0 Å². The van der Waals surface area contributed by atoms with Gasteiger partial charge >= 0.3 is 0 Å². The third-order valence-electron chi connectivity index (χ3n) is 6.08.